The zero-order chi connectivity index (χ0) is 12.7. The highest BCUT2D eigenvalue weighted by molar-refractivity contribution is 7.13. The molecule has 1 aromatic heterocycles. The van der Waals surface area contributed by atoms with Crippen LogP contribution in [0.5, 0.6) is 0 Å². The molecule has 0 saturated carbocycles. The van der Waals surface area contributed by atoms with E-state index in [-0.39, 0.29) is 6.04 Å². The predicted molar refractivity (Wildman–Crippen MR) is 77.1 cm³/mol. The summed E-state index contributed by atoms with van der Waals surface area (Å²) in [4.78, 5) is 6.90. The lowest BCUT2D eigenvalue weighted by atomic mass is 10.1. The SMILES string of the molecule is CC(N)c1csc(-c2ccc3c(c2)CCN3C)n1. The molecule has 0 aliphatic carbocycles. The average Bonchev–Trinajstić information content (AvgIpc) is 2.96. The minimum absolute atomic E-state index is 0.00978. The van der Waals surface area contributed by atoms with Crippen LogP contribution in [0.25, 0.3) is 10.6 Å². The molecule has 1 unspecified atom stereocenters. The Morgan fingerprint density at radius 1 is 1.44 bits per heavy atom. The van der Waals surface area contributed by atoms with Crippen LogP contribution in [0.3, 0.4) is 0 Å². The normalized spacial score (nSPS) is 15.8. The minimum Gasteiger partial charge on any atom is -0.374 e. The first kappa shape index (κ1) is 11.7. The molecule has 0 spiro atoms. The second-order valence-corrected chi connectivity index (χ2v) is 5.74. The van der Waals surface area contributed by atoms with Gasteiger partial charge in [0.05, 0.1) is 5.69 Å². The number of aromatic nitrogens is 1. The maximum atomic E-state index is 5.85. The molecule has 94 valence electrons. The zero-order valence-corrected chi connectivity index (χ0v) is 11.5. The van der Waals surface area contributed by atoms with E-state index in [0.29, 0.717) is 0 Å². The summed E-state index contributed by atoms with van der Waals surface area (Å²) in [5.41, 5.74) is 10.8. The molecule has 2 heterocycles. The molecule has 3 nitrogen and oxygen atoms in total. The molecule has 2 N–H and O–H groups in total. The van der Waals surface area contributed by atoms with Crippen molar-refractivity contribution in [2.75, 3.05) is 18.5 Å². The van der Waals surface area contributed by atoms with Crippen LogP contribution in [0.2, 0.25) is 0 Å². The average molecular weight is 259 g/mol. The van der Waals surface area contributed by atoms with E-state index in [1.54, 1.807) is 11.3 Å². The number of nitrogens with two attached hydrogens (primary N) is 1. The van der Waals surface area contributed by atoms with Crippen LogP contribution in [0.1, 0.15) is 24.2 Å². The number of hydrogen-bond donors (Lipinski definition) is 1. The van der Waals surface area contributed by atoms with Crippen molar-refractivity contribution in [3.8, 4) is 10.6 Å². The Balaban J connectivity index is 1.97. The summed E-state index contributed by atoms with van der Waals surface area (Å²) in [5.74, 6) is 0. The summed E-state index contributed by atoms with van der Waals surface area (Å²) < 4.78 is 0. The molecule has 0 radical (unpaired) electrons. The van der Waals surface area contributed by atoms with Crippen LogP contribution in [-0.4, -0.2) is 18.6 Å². The lowest BCUT2D eigenvalue weighted by Gasteiger charge is -2.11. The molecule has 0 fully saturated rings. The van der Waals surface area contributed by atoms with Gasteiger partial charge in [-0.15, -0.1) is 11.3 Å². The summed E-state index contributed by atoms with van der Waals surface area (Å²) >= 11 is 1.67. The van der Waals surface area contributed by atoms with Crippen molar-refractivity contribution < 1.29 is 0 Å². The Kier molecular flexibility index (Phi) is 2.84. The Labute approximate surface area is 111 Å². The number of benzene rings is 1. The van der Waals surface area contributed by atoms with Crippen molar-refractivity contribution in [1.82, 2.24) is 4.98 Å². The van der Waals surface area contributed by atoms with E-state index in [0.717, 1.165) is 23.7 Å². The molecule has 3 rings (SSSR count). The van der Waals surface area contributed by atoms with Gasteiger partial charge in [-0.2, -0.15) is 0 Å². The van der Waals surface area contributed by atoms with Crippen molar-refractivity contribution in [2.45, 2.75) is 19.4 Å². The lowest BCUT2D eigenvalue weighted by molar-refractivity contribution is 0.790. The van der Waals surface area contributed by atoms with Gasteiger partial charge >= 0.3 is 0 Å². The van der Waals surface area contributed by atoms with Crippen molar-refractivity contribution in [2.24, 2.45) is 5.73 Å². The fourth-order valence-electron chi connectivity index (χ4n) is 2.33. The van der Waals surface area contributed by atoms with Gasteiger partial charge in [0.15, 0.2) is 0 Å². The smallest absolute Gasteiger partial charge is 0.123 e. The highest BCUT2D eigenvalue weighted by atomic mass is 32.1. The Morgan fingerprint density at radius 2 is 2.28 bits per heavy atom. The molecule has 18 heavy (non-hydrogen) atoms. The summed E-state index contributed by atoms with van der Waals surface area (Å²) in [5, 5.41) is 3.12. The molecule has 1 aliphatic heterocycles. The van der Waals surface area contributed by atoms with Crippen LogP contribution < -0.4 is 10.6 Å². The lowest BCUT2D eigenvalue weighted by Crippen LogP contribution is -2.12. The van der Waals surface area contributed by atoms with Crippen molar-refractivity contribution in [3.63, 3.8) is 0 Å². The highest BCUT2D eigenvalue weighted by Crippen LogP contribution is 2.33. The molecular formula is C14H17N3S. The van der Waals surface area contributed by atoms with E-state index in [1.807, 2.05) is 6.92 Å². The van der Waals surface area contributed by atoms with E-state index in [2.05, 4.69) is 40.5 Å². The van der Waals surface area contributed by atoms with Gasteiger partial charge in [-0.05, 0) is 37.1 Å². The number of likely N-dealkylation sites (N-methyl/N-ethyl adjacent to an activating group) is 1. The van der Waals surface area contributed by atoms with Crippen LogP contribution >= 0.6 is 11.3 Å². The summed E-state index contributed by atoms with van der Waals surface area (Å²) in [6, 6.07) is 6.63. The van der Waals surface area contributed by atoms with Gasteiger partial charge in [0.1, 0.15) is 5.01 Å². The molecule has 4 heteroatoms. The fraction of sp³-hybridized carbons (Fsp3) is 0.357. The van der Waals surface area contributed by atoms with Crippen LogP contribution in [0.15, 0.2) is 23.6 Å². The quantitative estimate of drug-likeness (QED) is 0.901. The molecule has 1 aliphatic rings. The maximum absolute atomic E-state index is 5.85. The summed E-state index contributed by atoms with van der Waals surface area (Å²) in [7, 11) is 2.14. The monoisotopic (exact) mass is 259 g/mol. The molecule has 1 atom stereocenters. The first-order chi connectivity index (χ1) is 8.65. The molecular weight excluding hydrogens is 242 g/mol. The molecule has 2 aromatic rings. The van der Waals surface area contributed by atoms with Crippen molar-refractivity contribution in [1.29, 1.82) is 0 Å². The third kappa shape index (κ3) is 1.91. The molecule has 0 amide bonds. The number of fused-ring (bicyclic) bond motifs is 1. The first-order valence-corrected chi connectivity index (χ1v) is 7.08. The van der Waals surface area contributed by atoms with Gasteiger partial charge in [-0.25, -0.2) is 4.98 Å². The number of rotatable bonds is 2. The predicted octanol–water partition coefficient (Wildman–Crippen LogP) is 2.82. The fourth-order valence-corrected chi connectivity index (χ4v) is 3.25. The number of anilines is 1. The van der Waals surface area contributed by atoms with Gasteiger partial charge in [-0.3, -0.25) is 0 Å². The van der Waals surface area contributed by atoms with Crippen LogP contribution in [-0.2, 0) is 6.42 Å². The van der Waals surface area contributed by atoms with E-state index in [9.17, 15) is 0 Å². The standard InChI is InChI=1S/C14H17N3S/c1-9(15)12-8-18-14(16-12)11-3-4-13-10(7-11)5-6-17(13)2/h3-4,7-9H,5-6,15H2,1-2H3. The minimum atomic E-state index is 0.00978. The number of nitrogens with zero attached hydrogens (tertiary/aromatic N) is 2. The topological polar surface area (TPSA) is 42.1 Å². The van der Waals surface area contributed by atoms with Crippen LogP contribution in [0, 0.1) is 0 Å². The second-order valence-electron chi connectivity index (χ2n) is 4.88. The van der Waals surface area contributed by atoms with E-state index < -0.39 is 0 Å². The largest absolute Gasteiger partial charge is 0.374 e. The Bertz CT molecular complexity index is 574. The molecule has 0 saturated heterocycles. The van der Waals surface area contributed by atoms with E-state index in [4.69, 9.17) is 5.73 Å². The van der Waals surface area contributed by atoms with E-state index >= 15 is 0 Å². The maximum Gasteiger partial charge on any atom is 0.123 e. The summed E-state index contributed by atoms with van der Waals surface area (Å²) in [6.45, 7) is 3.08. The van der Waals surface area contributed by atoms with Crippen molar-refractivity contribution >= 4 is 17.0 Å². The van der Waals surface area contributed by atoms with Crippen molar-refractivity contribution in [3.05, 3.63) is 34.8 Å². The Morgan fingerprint density at radius 3 is 3.00 bits per heavy atom. The third-order valence-electron chi connectivity index (χ3n) is 3.44. The highest BCUT2D eigenvalue weighted by Gasteiger charge is 2.17. The summed E-state index contributed by atoms with van der Waals surface area (Å²) in [6.07, 6.45) is 1.13. The van der Waals surface area contributed by atoms with Gasteiger partial charge in [0, 0.05) is 36.3 Å². The van der Waals surface area contributed by atoms with Gasteiger partial charge < -0.3 is 10.6 Å². The number of thiazole rings is 1. The first-order valence-electron chi connectivity index (χ1n) is 6.20. The third-order valence-corrected chi connectivity index (χ3v) is 4.35. The molecule has 1 aromatic carbocycles. The van der Waals surface area contributed by atoms with Gasteiger partial charge in [0.2, 0.25) is 0 Å². The van der Waals surface area contributed by atoms with Gasteiger partial charge in [0.25, 0.3) is 0 Å². The van der Waals surface area contributed by atoms with Gasteiger partial charge in [-0.1, -0.05) is 0 Å². The van der Waals surface area contributed by atoms with Crippen LogP contribution in [0.4, 0.5) is 5.69 Å². The second kappa shape index (κ2) is 4.37. The molecule has 0 bridgehead atoms. The Hall–Kier alpha value is -1.39. The number of hydrogen-bond acceptors (Lipinski definition) is 4. The zero-order valence-electron chi connectivity index (χ0n) is 10.7. The van der Waals surface area contributed by atoms with E-state index in [1.165, 1.54) is 16.8 Å².